The summed E-state index contributed by atoms with van der Waals surface area (Å²) in [5.74, 6) is -2.61. The summed E-state index contributed by atoms with van der Waals surface area (Å²) >= 11 is 12.6. The van der Waals surface area contributed by atoms with Crippen LogP contribution in [0.4, 0.5) is 4.39 Å². The van der Waals surface area contributed by atoms with E-state index in [-0.39, 0.29) is 17.7 Å². The second-order valence-corrected chi connectivity index (χ2v) is 21.3. The van der Waals surface area contributed by atoms with Gasteiger partial charge in [0.05, 0.1) is 40.9 Å². The van der Waals surface area contributed by atoms with Crippen LogP contribution in [0.3, 0.4) is 0 Å². The Hall–Kier alpha value is -2.73. The first-order valence-electron chi connectivity index (χ1n) is 16.1. The molecule has 3 atom stereocenters. The predicted octanol–water partition coefficient (Wildman–Crippen LogP) is 7.99. The molecule has 0 radical (unpaired) electrons. The van der Waals surface area contributed by atoms with Gasteiger partial charge < -0.3 is 18.8 Å². The van der Waals surface area contributed by atoms with E-state index in [0.29, 0.717) is 26.6 Å². The molecule has 0 saturated carbocycles. The van der Waals surface area contributed by atoms with Crippen molar-refractivity contribution >= 4 is 55.7 Å². The lowest BCUT2D eigenvalue weighted by Gasteiger charge is -2.44. The molecule has 0 aliphatic carbocycles. The molecule has 1 amide bonds. The van der Waals surface area contributed by atoms with Crippen LogP contribution in [0.5, 0.6) is 0 Å². The van der Waals surface area contributed by atoms with Crippen LogP contribution in [0.25, 0.3) is 0 Å². The molecule has 3 aromatic rings. The normalized spacial score (nSPS) is 21.3. The zero-order valence-corrected chi connectivity index (χ0v) is 31.5. The first-order valence-corrected chi connectivity index (χ1v) is 20.6. The molecule has 2 heterocycles. The molecule has 256 valence electrons. The van der Waals surface area contributed by atoms with Crippen LogP contribution in [-0.2, 0) is 29.3 Å². The van der Waals surface area contributed by atoms with E-state index < -0.39 is 61.8 Å². The van der Waals surface area contributed by atoms with E-state index in [1.807, 2.05) is 27.7 Å². The third-order valence-electron chi connectivity index (χ3n) is 9.73. The van der Waals surface area contributed by atoms with Gasteiger partial charge in [0.25, 0.3) is 5.91 Å². The fourth-order valence-electron chi connectivity index (χ4n) is 6.29. The van der Waals surface area contributed by atoms with Gasteiger partial charge in [0.1, 0.15) is 5.82 Å². The summed E-state index contributed by atoms with van der Waals surface area (Å²) in [6.45, 7) is 16.2. The lowest BCUT2D eigenvalue weighted by atomic mass is 9.77. The Morgan fingerprint density at radius 1 is 0.958 bits per heavy atom. The number of carbonyl (C=O) groups is 2. The third kappa shape index (κ3) is 6.60. The second-order valence-electron chi connectivity index (χ2n) is 14.8. The molecule has 0 aromatic heterocycles. The molecule has 2 aliphatic rings. The van der Waals surface area contributed by atoms with E-state index in [1.54, 1.807) is 61.5 Å². The number of ether oxygens (including phenoxy) is 2. The first kappa shape index (κ1) is 36.5. The van der Waals surface area contributed by atoms with Crippen LogP contribution in [0.1, 0.15) is 67.7 Å². The zero-order chi connectivity index (χ0) is 35.4. The standard InChI is InChI=1S/C36H43BCl2FNO6Si/c1-22(33(43)45-18-19-48(7,8)9)31(23-10-14-26(38)15-11-23)41-32(42)28-20-25(37-46-34(2,3)35(4,5)47-37)21-29(40)30(28)36(41,44-6)24-12-16-27(39)17-13-24/h10-17,20-22,31H,18-19H2,1-9H3/t22-,31-,36+/m0/s1. The molecule has 7 nitrogen and oxygen atoms in total. The smallest absolute Gasteiger partial charge is 0.466 e. The van der Waals surface area contributed by atoms with Crippen LogP contribution in [0, 0.1) is 11.7 Å². The summed E-state index contributed by atoms with van der Waals surface area (Å²) in [5.41, 5.74) is -1.71. The highest BCUT2D eigenvalue weighted by atomic mass is 35.5. The molecule has 0 bridgehead atoms. The maximum absolute atomic E-state index is 16.8. The Kier molecular flexibility index (Phi) is 10.0. The number of hydrogen-bond donors (Lipinski definition) is 0. The summed E-state index contributed by atoms with van der Waals surface area (Å²) in [7, 11) is -1.01. The highest BCUT2D eigenvalue weighted by Gasteiger charge is 2.59. The SMILES string of the molecule is CO[C@]1(c2ccc(Cl)cc2)c2c(F)cc(B3OC(C)(C)C(C)(C)O3)cc2C(=O)N1[C@H](c1ccc(Cl)cc1)[C@H](C)C(=O)OCC[Si](C)(C)C. The minimum absolute atomic E-state index is 0.0100. The molecule has 12 heteroatoms. The monoisotopic (exact) mass is 713 g/mol. The predicted molar refractivity (Wildman–Crippen MR) is 190 cm³/mol. The molecule has 3 aromatic carbocycles. The molecule has 1 fully saturated rings. The molecule has 1 saturated heterocycles. The summed E-state index contributed by atoms with van der Waals surface area (Å²) < 4.78 is 41.4. The minimum Gasteiger partial charge on any atom is -0.466 e. The van der Waals surface area contributed by atoms with Gasteiger partial charge in [-0.05, 0) is 88.1 Å². The van der Waals surface area contributed by atoms with Crippen molar-refractivity contribution < 1.29 is 32.8 Å². The molecule has 0 unspecified atom stereocenters. The molecule has 48 heavy (non-hydrogen) atoms. The number of fused-ring (bicyclic) bond motifs is 1. The topological polar surface area (TPSA) is 74.3 Å². The highest BCUT2D eigenvalue weighted by Crippen LogP contribution is 2.52. The molecule has 5 rings (SSSR count). The van der Waals surface area contributed by atoms with Gasteiger partial charge in [-0.2, -0.15) is 0 Å². The van der Waals surface area contributed by atoms with E-state index in [0.717, 1.165) is 6.04 Å². The first-order chi connectivity index (χ1) is 22.3. The number of amides is 1. The molecular weight excluding hydrogens is 671 g/mol. The highest BCUT2D eigenvalue weighted by molar-refractivity contribution is 6.76. The fourth-order valence-corrected chi connectivity index (χ4v) is 7.25. The van der Waals surface area contributed by atoms with Crippen molar-refractivity contribution in [1.82, 2.24) is 4.90 Å². The molecule has 0 N–H and O–H groups in total. The number of halogens is 3. The molecular formula is C36H43BCl2FNO6Si. The zero-order valence-electron chi connectivity index (χ0n) is 29.0. The minimum atomic E-state index is -1.80. The number of rotatable bonds is 10. The summed E-state index contributed by atoms with van der Waals surface area (Å²) in [4.78, 5) is 30.2. The van der Waals surface area contributed by atoms with Crippen LogP contribution in [0.2, 0.25) is 35.7 Å². The fraction of sp³-hybridized carbons (Fsp3) is 0.444. The largest absolute Gasteiger partial charge is 0.494 e. The molecule has 2 aliphatic heterocycles. The Labute approximate surface area is 294 Å². The Morgan fingerprint density at radius 3 is 2.02 bits per heavy atom. The van der Waals surface area contributed by atoms with Crippen LogP contribution in [-0.4, -0.2) is 56.9 Å². The van der Waals surface area contributed by atoms with Crippen molar-refractivity contribution in [2.45, 2.75) is 83.3 Å². The molecule has 0 spiro atoms. The summed E-state index contributed by atoms with van der Waals surface area (Å²) in [6.07, 6.45) is 0. The Bertz CT molecular complexity index is 1680. The van der Waals surface area contributed by atoms with E-state index >= 15 is 4.39 Å². The van der Waals surface area contributed by atoms with Crippen LogP contribution in [0.15, 0.2) is 60.7 Å². The van der Waals surface area contributed by atoms with Gasteiger partial charge in [0.15, 0.2) is 5.72 Å². The second kappa shape index (κ2) is 13.2. The van der Waals surface area contributed by atoms with Gasteiger partial charge in [0, 0.05) is 30.8 Å². The number of methoxy groups -OCH3 is 1. The quantitative estimate of drug-likeness (QED) is 0.157. The number of carbonyl (C=O) groups excluding carboxylic acids is 2. The van der Waals surface area contributed by atoms with E-state index in [1.165, 1.54) is 18.1 Å². The Balaban J connectivity index is 1.71. The van der Waals surface area contributed by atoms with E-state index in [9.17, 15) is 9.59 Å². The van der Waals surface area contributed by atoms with Gasteiger partial charge in [-0.15, -0.1) is 0 Å². The third-order valence-corrected chi connectivity index (χ3v) is 11.9. The lowest BCUT2D eigenvalue weighted by Crippen LogP contribution is -2.51. The van der Waals surface area contributed by atoms with Crippen molar-refractivity contribution in [3.05, 3.63) is 98.8 Å². The van der Waals surface area contributed by atoms with Crippen LogP contribution < -0.4 is 5.46 Å². The Morgan fingerprint density at radius 2 is 1.50 bits per heavy atom. The maximum atomic E-state index is 16.8. The van der Waals surface area contributed by atoms with Gasteiger partial charge in [-0.25, -0.2) is 4.39 Å². The lowest BCUT2D eigenvalue weighted by molar-refractivity contribution is -0.155. The van der Waals surface area contributed by atoms with Gasteiger partial charge in [-0.3, -0.25) is 14.5 Å². The average molecular weight is 715 g/mol. The van der Waals surface area contributed by atoms with Crippen molar-refractivity contribution in [3.8, 4) is 0 Å². The van der Waals surface area contributed by atoms with Gasteiger partial charge >= 0.3 is 13.1 Å². The van der Waals surface area contributed by atoms with Crippen molar-refractivity contribution in [3.63, 3.8) is 0 Å². The maximum Gasteiger partial charge on any atom is 0.494 e. The number of hydrogen-bond acceptors (Lipinski definition) is 6. The van der Waals surface area contributed by atoms with Gasteiger partial charge in [0.2, 0.25) is 0 Å². The van der Waals surface area contributed by atoms with Crippen molar-refractivity contribution in [2.75, 3.05) is 13.7 Å². The average Bonchev–Trinajstić information content (AvgIpc) is 3.39. The number of benzene rings is 3. The van der Waals surface area contributed by atoms with E-state index in [4.69, 9.17) is 42.0 Å². The van der Waals surface area contributed by atoms with E-state index in [2.05, 4.69) is 19.6 Å². The summed E-state index contributed by atoms with van der Waals surface area (Å²) in [6, 6.07) is 16.3. The van der Waals surface area contributed by atoms with Crippen LogP contribution >= 0.6 is 23.2 Å². The van der Waals surface area contributed by atoms with Gasteiger partial charge in [-0.1, -0.05) is 67.1 Å². The number of nitrogens with zero attached hydrogens (tertiary/aromatic N) is 1. The number of esters is 1. The van der Waals surface area contributed by atoms with Crippen molar-refractivity contribution in [1.29, 1.82) is 0 Å². The van der Waals surface area contributed by atoms with Crippen molar-refractivity contribution in [2.24, 2.45) is 5.92 Å². The summed E-state index contributed by atoms with van der Waals surface area (Å²) in [5, 5.41) is 0.930.